The normalized spacial score (nSPS) is 13.9. The monoisotopic (exact) mass is 210 g/mol. The summed E-state index contributed by atoms with van der Waals surface area (Å²) in [5, 5.41) is 2.95. The molecule has 15 heavy (non-hydrogen) atoms. The number of hydrogen-bond acceptors (Lipinski definition) is 3. The molecule has 0 amide bonds. The number of hydrogen-bond donors (Lipinski definition) is 1. The summed E-state index contributed by atoms with van der Waals surface area (Å²) in [6.45, 7) is 2.07. The molecule has 0 spiro atoms. The average Bonchev–Trinajstić information content (AvgIpc) is 2.72. The van der Waals surface area contributed by atoms with E-state index in [2.05, 4.69) is 5.10 Å². The van der Waals surface area contributed by atoms with E-state index in [4.69, 9.17) is 4.74 Å². The molecular formula is C10H14N2O3. The van der Waals surface area contributed by atoms with Crippen LogP contribution in [0.25, 0.3) is 0 Å². The number of nitrogens with one attached hydrogen (secondary N) is 1. The predicted octanol–water partition coefficient (Wildman–Crippen LogP) is 0.228. The van der Waals surface area contributed by atoms with Crippen LogP contribution in [-0.4, -0.2) is 22.4 Å². The molecule has 0 bridgehead atoms. The molecule has 0 saturated heterocycles. The first kappa shape index (κ1) is 10.0. The van der Waals surface area contributed by atoms with Gasteiger partial charge in [0.25, 0.3) is 5.56 Å². The molecule has 1 N–H and O–H groups in total. The number of rotatable bonds is 3. The molecule has 0 radical (unpaired) electrons. The van der Waals surface area contributed by atoms with Gasteiger partial charge in [-0.05, 0) is 26.2 Å². The second kappa shape index (κ2) is 3.92. The summed E-state index contributed by atoms with van der Waals surface area (Å²) in [7, 11) is 0. The van der Waals surface area contributed by atoms with Gasteiger partial charge in [-0.1, -0.05) is 0 Å². The lowest BCUT2D eigenvalue weighted by atomic mass is 10.3. The van der Waals surface area contributed by atoms with Gasteiger partial charge in [-0.2, -0.15) is 0 Å². The largest absolute Gasteiger partial charge is 0.465 e. The van der Waals surface area contributed by atoms with Gasteiger partial charge >= 0.3 is 5.97 Å². The Morgan fingerprint density at radius 1 is 1.53 bits per heavy atom. The second-order valence-electron chi connectivity index (χ2n) is 3.62. The third-order valence-electron chi connectivity index (χ3n) is 2.58. The molecule has 1 aromatic heterocycles. The molecule has 82 valence electrons. The van der Waals surface area contributed by atoms with Gasteiger partial charge < -0.3 is 4.74 Å². The third kappa shape index (κ3) is 1.82. The van der Waals surface area contributed by atoms with Crippen molar-refractivity contribution in [2.75, 3.05) is 6.61 Å². The minimum Gasteiger partial charge on any atom is -0.465 e. The highest BCUT2D eigenvalue weighted by atomic mass is 16.5. The van der Waals surface area contributed by atoms with E-state index in [0.29, 0.717) is 6.61 Å². The van der Waals surface area contributed by atoms with Crippen molar-refractivity contribution in [2.24, 2.45) is 0 Å². The summed E-state index contributed by atoms with van der Waals surface area (Å²) >= 11 is 0. The summed E-state index contributed by atoms with van der Waals surface area (Å²) in [5.74, 6) is -0.375. The van der Waals surface area contributed by atoms with Gasteiger partial charge in [0.1, 0.15) is 6.54 Å². The first-order chi connectivity index (χ1) is 7.22. The van der Waals surface area contributed by atoms with Gasteiger partial charge in [0.2, 0.25) is 0 Å². The van der Waals surface area contributed by atoms with Gasteiger partial charge in [0.05, 0.1) is 6.61 Å². The van der Waals surface area contributed by atoms with Gasteiger partial charge in [0, 0.05) is 11.3 Å². The number of carbonyl (C=O) groups is 1. The molecule has 1 aliphatic carbocycles. The minimum absolute atomic E-state index is 0.0142. The molecule has 2 rings (SSSR count). The van der Waals surface area contributed by atoms with Crippen LogP contribution in [0.1, 0.15) is 24.6 Å². The molecule has 0 saturated carbocycles. The van der Waals surface area contributed by atoms with Gasteiger partial charge in [-0.15, -0.1) is 0 Å². The van der Waals surface area contributed by atoms with Crippen LogP contribution in [0.4, 0.5) is 0 Å². The Morgan fingerprint density at radius 3 is 3.00 bits per heavy atom. The number of nitrogens with zero attached hydrogens (tertiary/aromatic N) is 1. The topological polar surface area (TPSA) is 64.1 Å². The van der Waals surface area contributed by atoms with Crippen molar-refractivity contribution < 1.29 is 9.53 Å². The molecular weight excluding hydrogens is 196 g/mol. The van der Waals surface area contributed by atoms with Crippen LogP contribution in [-0.2, 0) is 28.9 Å². The van der Waals surface area contributed by atoms with Gasteiger partial charge in [-0.3, -0.25) is 14.7 Å². The summed E-state index contributed by atoms with van der Waals surface area (Å²) in [4.78, 5) is 22.9. The van der Waals surface area contributed by atoms with Gasteiger partial charge in [0.15, 0.2) is 0 Å². The lowest BCUT2D eigenvalue weighted by molar-refractivity contribution is -0.144. The summed E-state index contributed by atoms with van der Waals surface area (Å²) in [6, 6.07) is 0. The number of esters is 1. The number of H-pyrrole nitrogens is 1. The van der Waals surface area contributed by atoms with Crippen LogP contribution < -0.4 is 5.56 Å². The van der Waals surface area contributed by atoms with E-state index in [9.17, 15) is 9.59 Å². The standard InChI is InChI=1S/C10H14N2O3/c1-2-15-9(13)6-12-10(14)7-4-3-5-8(7)11-12/h11H,2-6H2,1H3. The number of ether oxygens (including phenoxy) is 1. The van der Waals surface area contributed by atoms with Crippen LogP contribution in [0.3, 0.4) is 0 Å². The van der Waals surface area contributed by atoms with E-state index in [-0.39, 0.29) is 18.1 Å². The Balaban J connectivity index is 2.17. The van der Waals surface area contributed by atoms with Crippen molar-refractivity contribution in [3.8, 4) is 0 Å². The van der Waals surface area contributed by atoms with Crippen LogP contribution in [0.2, 0.25) is 0 Å². The van der Waals surface area contributed by atoms with E-state index < -0.39 is 0 Å². The highest BCUT2D eigenvalue weighted by Crippen LogP contribution is 2.15. The average molecular weight is 210 g/mol. The third-order valence-corrected chi connectivity index (χ3v) is 2.58. The fourth-order valence-electron chi connectivity index (χ4n) is 1.93. The maximum atomic E-state index is 11.7. The van der Waals surface area contributed by atoms with Crippen molar-refractivity contribution in [3.63, 3.8) is 0 Å². The van der Waals surface area contributed by atoms with Crippen LogP contribution in [0.15, 0.2) is 4.79 Å². The molecule has 5 heteroatoms. The van der Waals surface area contributed by atoms with Crippen molar-refractivity contribution in [2.45, 2.75) is 32.7 Å². The highest BCUT2D eigenvalue weighted by molar-refractivity contribution is 5.69. The lowest BCUT2D eigenvalue weighted by Gasteiger charge is -2.02. The molecule has 0 aromatic carbocycles. The second-order valence-corrected chi connectivity index (χ2v) is 3.62. The highest BCUT2D eigenvalue weighted by Gasteiger charge is 2.20. The fourth-order valence-corrected chi connectivity index (χ4v) is 1.93. The van der Waals surface area contributed by atoms with Crippen LogP contribution >= 0.6 is 0 Å². The summed E-state index contributed by atoms with van der Waals surface area (Å²) < 4.78 is 6.12. The zero-order valence-corrected chi connectivity index (χ0v) is 8.71. The van der Waals surface area contributed by atoms with Crippen molar-refractivity contribution in [3.05, 3.63) is 21.6 Å². The zero-order chi connectivity index (χ0) is 10.8. The summed E-state index contributed by atoms with van der Waals surface area (Å²) in [5.41, 5.74) is 1.74. The Labute approximate surface area is 87.0 Å². The van der Waals surface area contributed by atoms with Crippen LogP contribution in [0.5, 0.6) is 0 Å². The van der Waals surface area contributed by atoms with Gasteiger partial charge in [-0.25, -0.2) is 4.68 Å². The Morgan fingerprint density at radius 2 is 2.33 bits per heavy atom. The summed E-state index contributed by atoms with van der Waals surface area (Å²) in [6.07, 6.45) is 2.75. The number of aryl methyl sites for hydroxylation is 1. The maximum absolute atomic E-state index is 11.7. The van der Waals surface area contributed by atoms with Crippen molar-refractivity contribution in [1.82, 2.24) is 9.78 Å². The Hall–Kier alpha value is -1.52. The van der Waals surface area contributed by atoms with E-state index >= 15 is 0 Å². The maximum Gasteiger partial charge on any atom is 0.327 e. The molecule has 5 nitrogen and oxygen atoms in total. The molecule has 0 fully saturated rings. The molecule has 0 unspecified atom stereocenters. The quantitative estimate of drug-likeness (QED) is 0.726. The van der Waals surface area contributed by atoms with Crippen LogP contribution in [0, 0.1) is 0 Å². The molecule has 1 aromatic rings. The smallest absolute Gasteiger partial charge is 0.327 e. The molecule has 1 aliphatic rings. The molecule has 0 atom stereocenters. The Bertz CT molecular complexity index is 430. The Kier molecular flexibility index (Phi) is 2.62. The van der Waals surface area contributed by atoms with E-state index in [1.165, 1.54) is 4.68 Å². The fraction of sp³-hybridized carbons (Fsp3) is 0.600. The lowest BCUT2D eigenvalue weighted by Crippen LogP contribution is -2.24. The predicted molar refractivity (Wildman–Crippen MR) is 53.7 cm³/mol. The number of fused-ring (bicyclic) bond motifs is 1. The van der Waals surface area contributed by atoms with Crippen molar-refractivity contribution >= 4 is 5.97 Å². The van der Waals surface area contributed by atoms with E-state index in [0.717, 1.165) is 30.5 Å². The molecule has 0 aliphatic heterocycles. The number of carbonyl (C=O) groups excluding carboxylic acids is 1. The van der Waals surface area contributed by atoms with Crippen molar-refractivity contribution in [1.29, 1.82) is 0 Å². The SMILES string of the molecule is CCOC(=O)Cn1[nH]c2c(c1=O)CCC2. The zero-order valence-electron chi connectivity index (χ0n) is 8.71. The first-order valence-electron chi connectivity index (χ1n) is 5.18. The molecule has 1 heterocycles. The van der Waals surface area contributed by atoms with E-state index in [1.807, 2.05) is 0 Å². The first-order valence-corrected chi connectivity index (χ1v) is 5.18. The number of aromatic amines is 1. The minimum atomic E-state index is -0.375. The number of aromatic nitrogens is 2. The van der Waals surface area contributed by atoms with E-state index in [1.54, 1.807) is 6.92 Å².